The summed E-state index contributed by atoms with van der Waals surface area (Å²) in [6, 6.07) is 12.8. The van der Waals surface area contributed by atoms with Gasteiger partial charge >= 0.3 is 0 Å². The van der Waals surface area contributed by atoms with E-state index < -0.39 is 0 Å². The van der Waals surface area contributed by atoms with E-state index in [1.165, 1.54) is 6.26 Å². The first-order chi connectivity index (χ1) is 13.1. The predicted molar refractivity (Wildman–Crippen MR) is 101 cm³/mol. The normalized spacial score (nSPS) is 19.9. The minimum atomic E-state index is -0.335. The zero-order chi connectivity index (χ0) is 18.8. The number of furan rings is 1. The van der Waals surface area contributed by atoms with E-state index >= 15 is 0 Å². The molecule has 27 heavy (non-hydrogen) atoms. The summed E-state index contributed by atoms with van der Waals surface area (Å²) in [5.41, 5.74) is 2.00. The van der Waals surface area contributed by atoms with E-state index in [-0.39, 0.29) is 23.8 Å². The Kier molecular flexibility index (Phi) is 4.68. The third kappa shape index (κ3) is 3.88. The molecule has 4 rings (SSSR count). The Bertz CT molecular complexity index is 892. The minimum Gasteiger partial charge on any atom is -0.461 e. The van der Waals surface area contributed by atoms with Crippen molar-refractivity contribution in [3.8, 4) is 11.5 Å². The lowest BCUT2D eigenvalue weighted by Gasteiger charge is -2.36. The highest BCUT2D eigenvalue weighted by Gasteiger charge is 2.22. The van der Waals surface area contributed by atoms with Gasteiger partial charge < -0.3 is 23.9 Å². The zero-order valence-electron chi connectivity index (χ0n) is 15.2. The molecule has 1 aromatic carbocycles. The van der Waals surface area contributed by atoms with E-state index in [1.54, 1.807) is 18.2 Å². The first kappa shape index (κ1) is 17.4. The summed E-state index contributed by atoms with van der Waals surface area (Å²) in [6.45, 7) is 5.85. The molecule has 2 atom stereocenters. The number of morpholine rings is 1. The Morgan fingerprint density at radius 2 is 1.85 bits per heavy atom. The number of anilines is 2. The Labute approximate surface area is 156 Å². The SMILES string of the molecule is CC1CN(c2ccc(NC(=O)c3cc(-c4ccco4)on3)cc2)CC(C)O1. The number of rotatable bonds is 4. The van der Waals surface area contributed by atoms with Crippen molar-refractivity contribution in [3.05, 3.63) is 54.4 Å². The maximum absolute atomic E-state index is 12.4. The van der Waals surface area contributed by atoms with Crippen molar-refractivity contribution in [2.75, 3.05) is 23.3 Å². The summed E-state index contributed by atoms with van der Waals surface area (Å²) < 4.78 is 16.2. The van der Waals surface area contributed by atoms with Crippen LogP contribution in [0, 0.1) is 0 Å². The molecule has 1 amide bonds. The Hall–Kier alpha value is -3.06. The van der Waals surface area contributed by atoms with Gasteiger partial charge in [-0.2, -0.15) is 0 Å². The number of hydrogen-bond acceptors (Lipinski definition) is 6. The molecule has 140 valence electrons. The van der Waals surface area contributed by atoms with Crippen LogP contribution in [-0.2, 0) is 4.74 Å². The van der Waals surface area contributed by atoms with Crippen molar-refractivity contribution in [1.29, 1.82) is 0 Å². The highest BCUT2D eigenvalue weighted by atomic mass is 16.5. The number of benzene rings is 1. The number of amides is 1. The average Bonchev–Trinajstić information content (AvgIpc) is 3.33. The molecule has 7 nitrogen and oxygen atoms in total. The lowest BCUT2D eigenvalue weighted by atomic mass is 10.2. The molecular weight excluding hydrogens is 346 g/mol. The number of nitrogens with one attached hydrogen (secondary N) is 1. The van der Waals surface area contributed by atoms with Crippen LogP contribution in [0.2, 0.25) is 0 Å². The molecule has 0 bridgehead atoms. The van der Waals surface area contributed by atoms with E-state index in [1.807, 2.05) is 24.3 Å². The molecule has 0 spiro atoms. The lowest BCUT2D eigenvalue weighted by Crippen LogP contribution is -2.45. The van der Waals surface area contributed by atoms with Crippen molar-refractivity contribution in [2.24, 2.45) is 0 Å². The van der Waals surface area contributed by atoms with Gasteiger partial charge in [-0.15, -0.1) is 0 Å². The summed E-state index contributed by atoms with van der Waals surface area (Å²) in [5.74, 6) is 0.605. The van der Waals surface area contributed by atoms with Crippen molar-refractivity contribution in [2.45, 2.75) is 26.1 Å². The molecule has 1 N–H and O–H groups in total. The fraction of sp³-hybridized carbons (Fsp3) is 0.300. The third-order valence-corrected chi connectivity index (χ3v) is 4.42. The molecule has 0 radical (unpaired) electrons. The maximum atomic E-state index is 12.4. The molecule has 0 aliphatic carbocycles. The standard InChI is InChI=1S/C20H21N3O4/c1-13-11-23(12-14(2)26-13)16-7-5-15(6-8-16)21-20(24)17-10-19(27-22-17)18-4-3-9-25-18/h3-10,13-14H,11-12H2,1-2H3,(H,21,24). The summed E-state index contributed by atoms with van der Waals surface area (Å²) in [4.78, 5) is 14.7. The smallest absolute Gasteiger partial charge is 0.277 e. The van der Waals surface area contributed by atoms with Gasteiger partial charge in [0.2, 0.25) is 5.76 Å². The molecule has 1 fully saturated rings. The van der Waals surface area contributed by atoms with Crippen molar-refractivity contribution in [1.82, 2.24) is 5.16 Å². The van der Waals surface area contributed by atoms with Gasteiger partial charge in [-0.3, -0.25) is 4.79 Å². The van der Waals surface area contributed by atoms with Crippen LogP contribution in [0.5, 0.6) is 0 Å². The first-order valence-corrected chi connectivity index (χ1v) is 8.91. The number of carbonyl (C=O) groups is 1. The summed E-state index contributed by atoms with van der Waals surface area (Å²) in [7, 11) is 0. The van der Waals surface area contributed by atoms with Gasteiger partial charge in [0.15, 0.2) is 11.5 Å². The van der Waals surface area contributed by atoms with Crippen molar-refractivity contribution >= 4 is 17.3 Å². The second-order valence-electron chi connectivity index (χ2n) is 6.72. The van der Waals surface area contributed by atoms with E-state index in [2.05, 4.69) is 29.2 Å². The van der Waals surface area contributed by atoms with Crippen LogP contribution in [0.4, 0.5) is 11.4 Å². The molecule has 2 aromatic heterocycles. The molecular formula is C20H21N3O4. The molecule has 0 saturated carbocycles. The van der Waals surface area contributed by atoms with Crippen LogP contribution in [0.15, 0.2) is 57.7 Å². The van der Waals surface area contributed by atoms with Gasteiger partial charge in [-0.05, 0) is 50.2 Å². The lowest BCUT2D eigenvalue weighted by molar-refractivity contribution is -0.00521. The fourth-order valence-electron chi connectivity index (χ4n) is 3.26. The summed E-state index contributed by atoms with van der Waals surface area (Å²) in [5, 5.41) is 6.64. The minimum absolute atomic E-state index is 0.196. The largest absolute Gasteiger partial charge is 0.461 e. The van der Waals surface area contributed by atoms with E-state index in [9.17, 15) is 4.79 Å². The van der Waals surface area contributed by atoms with Gasteiger partial charge in [0.25, 0.3) is 5.91 Å². The van der Waals surface area contributed by atoms with Crippen LogP contribution in [0.25, 0.3) is 11.5 Å². The molecule has 3 aromatic rings. The molecule has 1 aliphatic rings. The van der Waals surface area contributed by atoms with Crippen LogP contribution in [0.3, 0.4) is 0 Å². The van der Waals surface area contributed by atoms with Gasteiger partial charge in [-0.25, -0.2) is 0 Å². The number of nitrogens with zero attached hydrogens (tertiary/aromatic N) is 2. The average molecular weight is 367 g/mol. The molecule has 2 unspecified atom stereocenters. The topological polar surface area (TPSA) is 80.7 Å². The zero-order valence-corrected chi connectivity index (χ0v) is 15.2. The number of hydrogen-bond donors (Lipinski definition) is 1. The van der Waals surface area contributed by atoms with Gasteiger partial charge in [-0.1, -0.05) is 5.16 Å². The summed E-state index contributed by atoms with van der Waals surface area (Å²) in [6.07, 6.45) is 1.93. The Morgan fingerprint density at radius 3 is 2.52 bits per heavy atom. The van der Waals surface area contributed by atoms with Crippen LogP contribution in [0.1, 0.15) is 24.3 Å². The molecule has 1 saturated heterocycles. The number of carbonyl (C=O) groups excluding carboxylic acids is 1. The van der Waals surface area contributed by atoms with Crippen LogP contribution >= 0.6 is 0 Å². The van der Waals surface area contributed by atoms with Gasteiger partial charge in [0.1, 0.15) is 0 Å². The van der Waals surface area contributed by atoms with Crippen molar-refractivity contribution in [3.63, 3.8) is 0 Å². The van der Waals surface area contributed by atoms with E-state index in [0.29, 0.717) is 17.2 Å². The first-order valence-electron chi connectivity index (χ1n) is 8.91. The van der Waals surface area contributed by atoms with Crippen LogP contribution in [-0.4, -0.2) is 36.4 Å². The highest BCUT2D eigenvalue weighted by Crippen LogP contribution is 2.24. The Balaban J connectivity index is 1.42. The van der Waals surface area contributed by atoms with E-state index in [4.69, 9.17) is 13.7 Å². The highest BCUT2D eigenvalue weighted by molar-refractivity contribution is 6.03. The fourth-order valence-corrected chi connectivity index (χ4v) is 3.26. The quantitative estimate of drug-likeness (QED) is 0.755. The second-order valence-corrected chi connectivity index (χ2v) is 6.72. The van der Waals surface area contributed by atoms with Gasteiger partial charge in [0, 0.05) is 30.5 Å². The number of aromatic nitrogens is 1. The van der Waals surface area contributed by atoms with E-state index in [0.717, 1.165) is 18.8 Å². The summed E-state index contributed by atoms with van der Waals surface area (Å²) >= 11 is 0. The molecule has 7 heteroatoms. The van der Waals surface area contributed by atoms with Gasteiger partial charge in [0.05, 0.1) is 18.5 Å². The Morgan fingerprint density at radius 1 is 1.11 bits per heavy atom. The number of ether oxygens (including phenoxy) is 1. The predicted octanol–water partition coefficient (Wildman–Crippen LogP) is 3.80. The third-order valence-electron chi connectivity index (χ3n) is 4.42. The van der Waals surface area contributed by atoms with Crippen LogP contribution < -0.4 is 10.2 Å². The second kappa shape index (κ2) is 7.28. The maximum Gasteiger partial charge on any atom is 0.277 e. The molecule has 3 heterocycles. The monoisotopic (exact) mass is 367 g/mol. The van der Waals surface area contributed by atoms with Crippen molar-refractivity contribution < 1.29 is 18.5 Å². The molecule has 1 aliphatic heterocycles.